The van der Waals surface area contributed by atoms with Gasteiger partial charge >= 0.3 is 0 Å². The van der Waals surface area contributed by atoms with Crippen LogP contribution in [-0.2, 0) is 0 Å². The molecule has 0 fully saturated rings. The number of aromatic nitrogens is 2. The number of nitrogen functional groups attached to an aromatic ring is 2. The highest BCUT2D eigenvalue weighted by molar-refractivity contribution is 6.21. The molecular weight excluding hydrogens is 264 g/mol. The molecule has 1 aliphatic rings. The van der Waals surface area contributed by atoms with E-state index in [1.54, 1.807) is 23.0 Å². The molecule has 0 radical (unpaired) electrons. The van der Waals surface area contributed by atoms with E-state index in [2.05, 4.69) is 5.10 Å². The third kappa shape index (κ3) is 1.57. The molecular formula is C16H12N4O. The Hall–Kier alpha value is -3.08. The summed E-state index contributed by atoms with van der Waals surface area (Å²) in [4.78, 5) is 12.4. The van der Waals surface area contributed by atoms with E-state index in [0.29, 0.717) is 22.5 Å². The quantitative estimate of drug-likeness (QED) is 0.522. The Morgan fingerprint density at radius 2 is 1.57 bits per heavy atom. The van der Waals surface area contributed by atoms with E-state index in [4.69, 9.17) is 11.5 Å². The Morgan fingerprint density at radius 1 is 0.857 bits per heavy atom. The molecule has 0 bridgehead atoms. The Kier molecular flexibility index (Phi) is 2.21. The molecule has 4 rings (SSSR count). The minimum Gasteiger partial charge on any atom is -0.399 e. The predicted molar refractivity (Wildman–Crippen MR) is 81.3 cm³/mol. The second-order valence-electron chi connectivity index (χ2n) is 5.04. The third-order valence-electron chi connectivity index (χ3n) is 3.69. The second-order valence-corrected chi connectivity index (χ2v) is 5.04. The fourth-order valence-electron chi connectivity index (χ4n) is 2.69. The van der Waals surface area contributed by atoms with E-state index in [0.717, 1.165) is 16.9 Å². The molecule has 1 aromatic heterocycles. The summed E-state index contributed by atoms with van der Waals surface area (Å²) in [6.45, 7) is 0. The van der Waals surface area contributed by atoms with Crippen LogP contribution in [0, 0.1) is 0 Å². The molecule has 1 aliphatic carbocycles. The number of anilines is 2. The lowest BCUT2D eigenvalue weighted by atomic mass is 10.1. The topological polar surface area (TPSA) is 86.9 Å². The molecule has 0 spiro atoms. The van der Waals surface area contributed by atoms with Crippen LogP contribution in [0.4, 0.5) is 11.4 Å². The van der Waals surface area contributed by atoms with Crippen LogP contribution in [0.1, 0.15) is 15.9 Å². The zero-order valence-electron chi connectivity index (χ0n) is 11.1. The number of hydrogen-bond acceptors (Lipinski definition) is 4. The zero-order chi connectivity index (χ0) is 14.6. The zero-order valence-corrected chi connectivity index (χ0v) is 11.1. The highest BCUT2D eigenvalue weighted by atomic mass is 16.1. The third-order valence-corrected chi connectivity index (χ3v) is 3.69. The highest BCUT2D eigenvalue weighted by Crippen LogP contribution is 2.38. The maximum atomic E-state index is 12.4. The molecule has 5 heteroatoms. The average Bonchev–Trinajstić information content (AvgIpc) is 3.01. The lowest BCUT2D eigenvalue weighted by molar-refractivity contribution is 0.104. The van der Waals surface area contributed by atoms with Gasteiger partial charge in [0.25, 0.3) is 0 Å². The minimum absolute atomic E-state index is 0.0333. The van der Waals surface area contributed by atoms with Crippen LogP contribution in [-0.4, -0.2) is 15.6 Å². The lowest BCUT2D eigenvalue weighted by Gasteiger charge is -2.07. The van der Waals surface area contributed by atoms with Crippen molar-refractivity contribution >= 4 is 17.2 Å². The van der Waals surface area contributed by atoms with Crippen molar-refractivity contribution in [2.24, 2.45) is 0 Å². The number of ketones is 1. The fraction of sp³-hybridized carbons (Fsp3) is 0. The monoisotopic (exact) mass is 276 g/mol. The highest BCUT2D eigenvalue weighted by Gasteiger charge is 2.31. The molecule has 0 amide bonds. The first-order valence-electron chi connectivity index (χ1n) is 6.53. The van der Waals surface area contributed by atoms with Gasteiger partial charge in [0.2, 0.25) is 0 Å². The van der Waals surface area contributed by atoms with Gasteiger partial charge in [-0.3, -0.25) is 4.79 Å². The van der Waals surface area contributed by atoms with Crippen molar-refractivity contribution in [3.8, 4) is 16.9 Å². The smallest absolute Gasteiger partial charge is 0.197 e. The van der Waals surface area contributed by atoms with Crippen LogP contribution >= 0.6 is 0 Å². The van der Waals surface area contributed by atoms with Crippen molar-refractivity contribution in [1.82, 2.24) is 9.78 Å². The number of carbonyl (C=O) groups is 1. The summed E-state index contributed by atoms with van der Waals surface area (Å²) in [5.41, 5.74) is 16.5. The van der Waals surface area contributed by atoms with Crippen LogP contribution in [0.15, 0.2) is 48.7 Å². The van der Waals surface area contributed by atoms with E-state index in [-0.39, 0.29) is 5.78 Å². The molecule has 0 saturated carbocycles. The second kappa shape index (κ2) is 3.96. The van der Waals surface area contributed by atoms with Gasteiger partial charge in [0, 0.05) is 22.5 Å². The van der Waals surface area contributed by atoms with Crippen LogP contribution in [0.5, 0.6) is 0 Å². The summed E-state index contributed by atoms with van der Waals surface area (Å²) in [7, 11) is 0. The number of nitrogens with zero attached hydrogens (tertiary/aromatic N) is 2. The molecule has 0 atom stereocenters. The Balaban J connectivity index is 1.97. The van der Waals surface area contributed by atoms with E-state index >= 15 is 0 Å². The van der Waals surface area contributed by atoms with E-state index in [1.165, 1.54) is 0 Å². The average molecular weight is 276 g/mol. The normalized spacial score (nSPS) is 12.3. The maximum absolute atomic E-state index is 12.4. The number of nitrogens with two attached hydrogens (primary N) is 2. The largest absolute Gasteiger partial charge is 0.399 e. The van der Waals surface area contributed by atoms with Gasteiger partial charge in [-0.15, -0.1) is 0 Å². The molecule has 1 heterocycles. The van der Waals surface area contributed by atoms with Gasteiger partial charge in [0.1, 0.15) is 0 Å². The summed E-state index contributed by atoms with van der Waals surface area (Å²) < 4.78 is 1.76. The summed E-state index contributed by atoms with van der Waals surface area (Å²) in [5, 5.41) is 4.33. The molecule has 0 saturated heterocycles. The van der Waals surface area contributed by atoms with Crippen LogP contribution in [0.25, 0.3) is 16.9 Å². The Labute approximate surface area is 120 Å². The molecule has 5 nitrogen and oxygen atoms in total. The minimum atomic E-state index is -0.0333. The number of carbonyl (C=O) groups excluding carboxylic acids is 1. The van der Waals surface area contributed by atoms with E-state index < -0.39 is 0 Å². The summed E-state index contributed by atoms with van der Waals surface area (Å²) in [5.74, 6) is -0.0333. The van der Waals surface area contributed by atoms with Gasteiger partial charge < -0.3 is 11.5 Å². The van der Waals surface area contributed by atoms with Crippen LogP contribution in [0.3, 0.4) is 0 Å². The first-order chi connectivity index (χ1) is 10.1. The Morgan fingerprint density at radius 3 is 2.33 bits per heavy atom. The van der Waals surface area contributed by atoms with Gasteiger partial charge in [-0.25, -0.2) is 4.68 Å². The van der Waals surface area contributed by atoms with Gasteiger partial charge in [0.05, 0.1) is 23.1 Å². The first-order valence-corrected chi connectivity index (χ1v) is 6.53. The summed E-state index contributed by atoms with van der Waals surface area (Å²) in [6.07, 6.45) is 1.60. The van der Waals surface area contributed by atoms with Crippen molar-refractivity contribution < 1.29 is 4.79 Å². The van der Waals surface area contributed by atoms with E-state index in [1.807, 2.05) is 30.3 Å². The van der Waals surface area contributed by atoms with Crippen LogP contribution in [0.2, 0.25) is 0 Å². The number of fused-ring (bicyclic) bond motifs is 3. The SMILES string of the molecule is Nc1ccc(-n2ncc3c2-c2ccc(N)cc2C3=O)cc1. The predicted octanol–water partition coefficient (Wildman–Crippen LogP) is 2.25. The molecule has 0 unspecified atom stereocenters. The Bertz CT molecular complexity index is 878. The van der Waals surface area contributed by atoms with Crippen molar-refractivity contribution in [3.63, 3.8) is 0 Å². The van der Waals surface area contributed by atoms with Gasteiger partial charge in [0.15, 0.2) is 5.78 Å². The maximum Gasteiger partial charge on any atom is 0.197 e. The number of hydrogen-bond donors (Lipinski definition) is 2. The van der Waals surface area contributed by atoms with Gasteiger partial charge in [-0.2, -0.15) is 5.10 Å². The number of benzene rings is 2. The molecule has 2 aromatic carbocycles. The summed E-state index contributed by atoms with van der Waals surface area (Å²) in [6, 6.07) is 12.7. The van der Waals surface area contributed by atoms with Crippen molar-refractivity contribution in [2.45, 2.75) is 0 Å². The molecule has 102 valence electrons. The van der Waals surface area contributed by atoms with Crippen molar-refractivity contribution in [2.75, 3.05) is 11.5 Å². The lowest BCUT2D eigenvalue weighted by Crippen LogP contribution is -1.99. The van der Waals surface area contributed by atoms with E-state index in [9.17, 15) is 4.79 Å². The standard InChI is InChI=1S/C16H12N4O/c17-9-1-4-11(5-2-9)20-15-12-6-3-10(18)7-13(12)16(21)14(15)8-19-20/h1-8H,17-18H2. The molecule has 4 N–H and O–H groups in total. The molecule has 21 heavy (non-hydrogen) atoms. The first kappa shape index (κ1) is 11.7. The van der Waals surface area contributed by atoms with Crippen molar-refractivity contribution in [3.05, 3.63) is 59.8 Å². The number of rotatable bonds is 1. The van der Waals surface area contributed by atoms with Crippen molar-refractivity contribution in [1.29, 1.82) is 0 Å². The fourth-order valence-corrected chi connectivity index (χ4v) is 2.69. The molecule has 3 aromatic rings. The van der Waals surface area contributed by atoms with Crippen LogP contribution < -0.4 is 11.5 Å². The van der Waals surface area contributed by atoms with Gasteiger partial charge in [-0.1, -0.05) is 0 Å². The summed E-state index contributed by atoms with van der Waals surface area (Å²) >= 11 is 0. The van der Waals surface area contributed by atoms with Gasteiger partial charge in [-0.05, 0) is 42.5 Å². The molecule has 0 aliphatic heterocycles.